The predicted octanol–water partition coefficient (Wildman–Crippen LogP) is 2.67. The van der Waals surface area contributed by atoms with Crippen molar-refractivity contribution in [2.45, 2.75) is 19.3 Å². The molecular weight excluding hydrogens is 290 g/mol. The minimum atomic E-state index is -0.351. The Morgan fingerprint density at radius 3 is 2.79 bits per heavy atom. The molecule has 3 nitrogen and oxygen atoms in total. The molecule has 0 aliphatic heterocycles. The third kappa shape index (κ3) is 4.95. The van der Waals surface area contributed by atoms with Gasteiger partial charge in [0.15, 0.2) is 0 Å². The van der Waals surface area contributed by atoms with Crippen LogP contribution < -0.4 is 5.90 Å². The summed E-state index contributed by atoms with van der Waals surface area (Å²) in [6, 6.07) is 4.05. The average molecular weight is 301 g/mol. The quantitative estimate of drug-likeness (QED) is 0.870. The predicted molar refractivity (Wildman–Crippen MR) is 62.5 cm³/mol. The van der Waals surface area contributed by atoms with Crippen molar-refractivity contribution in [1.82, 2.24) is 0 Å². The van der Waals surface area contributed by atoms with Crippen LogP contribution in [-0.4, -0.2) is 5.97 Å². The van der Waals surface area contributed by atoms with Crippen molar-refractivity contribution in [3.05, 3.63) is 20.8 Å². The zero-order valence-corrected chi connectivity index (χ0v) is 10.6. The zero-order chi connectivity index (χ0) is 9.68. The molecule has 0 unspecified atom stereocenters. The number of carbonyl (C=O) groups is 1. The van der Waals surface area contributed by atoms with E-state index in [4.69, 9.17) is 5.90 Å². The molecule has 80 valence electrons. The Labute approximate surface area is 101 Å². The summed E-state index contributed by atoms with van der Waals surface area (Å²) in [5.41, 5.74) is 0. The van der Waals surface area contributed by atoms with E-state index in [0.29, 0.717) is 6.42 Å². The second-order valence-corrected chi connectivity index (χ2v) is 5.10. The topological polar surface area (TPSA) is 52.3 Å². The molecule has 6 heteroatoms. The molecule has 14 heavy (non-hydrogen) atoms. The first-order valence-corrected chi connectivity index (χ1v) is 5.47. The lowest BCUT2D eigenvalue weighted by Crippen LogP contribution is -2.09. The second kappa shape index (κ2) is 7.23. The Morgan fingerprint density at radius 1 is 1.57 bits per heavy atom. The SMILES string of the molecule is Cl.NOC(=O)CCCc1ccc(Br)s1. The van der Waals surface area contributed by atoms with Crippen LogP contribution in [0, 0.1) is 0 Å². The molecule has 1 rings (SSSR count). The number of halogens is 2. The molecule has 0 aromatic carbocycles. The van der Waals surface area contributed by atoms with Gasteiger partial charge in [-0.05, 0) is 40.9 Å². The van der Waals surface area contributed by atoms with E-state index in [1.54, 1.807) is 11.3 Å². The van der Waals surface area contributed by atoms with Gasteiger partial charge in [-0.2, -0.15) is 5.90 Å². The van der Waals surface area contributed by atoms with Crippen molar-refractivity contribution < 1.29 is 9.63 Å². The van der Waals surface area contributed by atoms with E-state index < -0.39 is 0 Å². The van der Waals surface area contributed by atoms with Gasteiger partial charge in [-0.3, -0.25) is 4.79 Å². The van der Waals surface area contributed by atoms with E-state index in [0.717, 1.165) is 16.6 Å². The van der Waals surface area contributed by atoms with E-state index in [9.17, 15) is 4.79 Å². The largest absolute Gasteiger partial charge is 0.373 e. The van der Waals surface area contributed by atoms with E-state index in [1.165, 1.54) is 4.88 Å². The molecule has 0 aliphatic rings. The van der Waals surface area contributed by atoms with Gasteiger partial charge >= 0.3 is 5.97 Å². The van der Waals surface area contributed by atoms with Crippen LogP contribution in [0.15, 0.2) is 15.9 Å². The lowest BCUT2D eigenvalue weighted by atomic mass is 10.2. The first-order chi connectivity index (χ1) is 6.22. The summed E-state index contributed by atoms with van der Waals surface area (Å²) in [6.07, 6.45) is 2.06. The maximum atomic E-state index is 10.7. The standard InChI is InChI=1S/C8H10BrNO2S.ClH/c9-7-5-4-6(13-7)2-1-3-8(11)12-10;/h4-5H,1-3,10H2;1H. The molecule has 1 aromatic rings. The Bertz CT molecular complexity index is 293. The lowest BCUT2D eigenvalue weighted by molar-refractivity contribution is -0.144. The minimum Gasteiger partial charge on any atom is -0.373 e. The first-order valence-electron chi connectivity index (χ1n) is 3.86. The molecule has 0 atom stereocenters. The van der Waals surface area contributed by atoms with Gasteiger partial charge in [0.05, 0.1) is 3.79 Å². The highest BCUT2D eigenvalue weighted by Gasteiger charge is 2.02. The number of nitrogens with two attached hydrogens (primary N) is 1. The highest BCUT2D eigenvalue weighted by molar-refractivity contribution is 9.11. The van der Waals surface area contributed by atoms with Gasteiger partial charge in [0.1, 0.15) is 0 Å². The van der Waals surface area contributed by atoms with Crippen molar-refractivity contribution in [3.8, 4) is 0 Å². The fourth-order valence-electron chi connectivity index (χ4n) is 0.952. The minimum absolute atomic E-state index is 0. The molecule has 0 bridgehead atoms. The molecule has 2 N–H and O–H groups in total. The average Bonchev–Trinajstić information content (AvgIpc) is 2.51. The van der Waals surface area contributed by atoms with Gasteiger partial charge in [-0.25, -0.2) is 0 Å². The fourth-order valence-corrected chi connectivity index (χ4v) is 2.48. The molecule has 0 amide bonds. The van der Waals surface area contributed by atoms with Crippen molar-refractivity contribution in [2.75, 3.05) is 0 Å². The molecule has 1 aromatic heterocycles. The molecule has 0 spiro atoms. The van der Waals surface area contributed by atoms with Crippen LogP contribution in [0.2, 0.25) is 0 Å². The maximum absolute atomic E-state index is 10.7. The molecule has 0 saturated carbocycles. The fraction of sp³-hybridized carbons (Fsp3) is 0.375. The van der Waals surface area contributed by atoms with Gasteiger partial charge in [-0.1, -0.05) is 0 Å². The summed E-state index contributed by atoms with van der Waals surface area (Å²) >= 11 is 5.05. The maximum Gasteiger partial charge on any atom is 0.324 e. The summed E-state index contributed by atoms with van der Waals surface area (Å²) in [4.78, 5) is 16.0. The number of rotatable bonds is 4. The number of aryl methyl sites for hydroxylation is 1. The van der Waals surface area contributed by atoms with Crippen molar-refractivity contribution in [2.24, 2.45) is 5.90 Å². The van der Waals surface area contributed by atoms with Gasteiger partial charge < -0.3 is 4.84 Å². The van der Waals surface area contributed by atoms with Crippen LogP contribution in [0.3, 0.4) is 0 Å². The highest BCUT2D eigenvalue weighted by atomic mass is 79.9. The Balaban J connectivity index is 0.00000169. The van der Waals surface area contributed by atoms with E-state index >= 15 is 0 Å². The summed E-state index contributed by atoms with van der Waals surface area (Å²) in [5, 5.41) is 0. The second-order valence-electron chi connectivity index (χ2n) is 2.55. The van der Waals surface area contributed by atoms with Crippen LogP contribution >= 0.6 is 39.7 Å². The monoisotopic (exact) mass is 299 g/mol. The Kier molecular flexibility index (Phi) is 7.17. The third-order valence-corrected chi connectivity index (χ3v) is 3.25. The Morgan fingerprint density at radius 2 is 2.29 bits per heavy atom. The van der Waals surface area contributed by atoms with Gasteiger partial charge in [0.25, 0.3) is 0 Å². The molecule has 0 aliphatic carbocycles. The zero-order valence-electron chi connectivity index (χ0n) is 7.36. The molecule has 0 radical (unpaired) electrons. The number of hydrogen-bond donors (Lipinski definition) is 1. The summed E-state index contributed by atoms with van der Waals surface area (Å²) < 4.78 is 1.11. The molecule has 0 fully saturated rings. The summed E-state index contributed by atoms with van der Waals surface area (Å²) in [5.74, 6) is 4.35. The van der Waals surface area contributed by atoms with E-state index in [-0.39, 0.29) is 18.4 Å². The highest BCUT2D eigenvalue weighted by Crippen LogP contribution is 2.23. The number of thiophene rings is 1. The molecule has 0 saturated heterocycles. The van der Waals surface area contributed by atoms with Gasteiger partial charge in [0, 0.05) is 11.3 Å². The number of hydrogen-bond acceptors (Lipinski definition) is 4. The van der Waals surface area contributed by atoms with Crippen molar-refractivity contribution >= 4 is 45.6 Å². The first kappa shape index (κ1) is 13.9. The van der Waals surface area contributed by atoms with E-state index in [1.807, 2.05) is 12.1 Å². The smallest absolute Gasteiger partial charge is 0.324 e. The van der Waals surface area contributed by atoms with Crippen LogP contribution in [0.4, 0.5) is 0 Å². The van der Waals surface area contributed by atoms with Crippen molar-refractivity contribution in [3.63, 3.8) is 0 Å². The van der Waals surface area contributed by atoms with Crippen molar-refractivity contribution in [1.29, 1.82) is 0 Å². The molecule has 1 heterocycles. The van der Waals surface area contributed by atoms with Crippen LogP contribution in [0.1, 0.15) is 17.7 Å². The number of carbonyl (C=O) groups excluding carboxylic acids is 1. The molecular formula is C8H11BrClNO2S. The van der Waals surface area contributed by atoms with Crippen LogP contribution in [-0.2, 0) is 16.1 Å². The summed E-state index contributed by atoms with van der Waals surface area (Å²) in [7, 11) is 0. The summed E-state index contributed by atoms with van der Waals surface area (Å²) in [6.45, 7) is 0. The lowest BCUT2D eigenvalue weighted by Gasteiger charge is -1.96. The van der Waals surface area contributed by atoms with Gasteiger partial charge in [0.2, 0.25) is 0 Å². The normalized spacial score (nSPS) is 9.29. The van der Waals surface area contributed by atoms with Gasteiger partial charge in [-0.15, -0.1) is 23.7 Å². The van der Waals surface area contributed by atoms with Crippen LogP contribution in [0.25, 0.3) is 0 Å². The Hall–Kier alpha value is -0.100. The van der Waals surface area contributed by atoms with E-state index in [2.05, 4.69) is 20.8 Å². The van der Waals surface area contributed by atoms with Crippen LogP contribution in [0.5, 0.6) is 0 Å². The third-order valence-electron chi connectivity index (χ3n) is 1.56.